The molecule has 1 aliphatic carbocycles. The van der Waals surface area contributed by atoms with Gasteiger partial charge in [-0.2, -0.15) is 5.10 Å². The molecule has 0 radical (unpaired) electrons. The number of aromatic amines is 1. The van der Waals surface area contributed by atoms with Crippen LogP contribution in [0.3, 0.4) is 0 Å². The molecule has 0 spiro atoms. The summed E-state index contributed by atoms with van der Waals surface area (Å²) in [5.74, 6) is 1.05. The summed E-state index contributed by atoms with van der Waals surface area (Å²) >= 11 is 0. The Kier molecular flexibility index (Phi) is 3.12. The van der Waals surface area contributed by atoms with Crippen LogP contribution in [0.5, 0.6) is 0 Å². The van der Waals surface area contributed by atoms with Gasteiger partial charge >= 0.3 is 0 Å². The fourth-order valence-electron chi connectivity index (χ4n) is 1.80. The summed E-state index contributed by atoms with van der Waals surface area (Å²) in [5, 5.41) is 9.35. The highest BCUT2D eigenvalue weighted by atomic mass is 16.2. The largest absolute Gasteiger partial charge is 0.382 e. The smallest absolute Gasteiger partial charge is 0.269 e. The van der Waals surface area contributed by atoms with Crippen LogP contribution in [-0.2, 0) is 0 Å². The van der Waals surface area contributed by atoms with E-state index in [-0.39, 0.29) is 11.9 Å². The van der Waals surface area contributed by atoms with Gasteiger partial charge in [0, 0.05) is 12.1 Å². The van der Waals surface area contributed by atoms with Crippen molar-refractivity contribution in [2.45, 2.75) is 38.6 Å². The van der Waals surface area contributed by atoms with E-state index >= 15 is 0 Å². The van der Waals surface area contributed by atoms with E-state index in [1.165, 1.54) is 12.8 Å². The lowest BCUT2D eigenvalue weighted by atomic mass is 10.1. The van der Waals surface area contributed by atoms with Crippen molar-refractivity contribution < 1.29 is 4.79 Å². The first-order valence-electron chi connectivity index (χ1n) is 5.80. The van der Waals surface area contributed by atoms with E-state index in [1.807, 2.05) is 0 Å². The maximum atomic E-state index is 11.8. The van der Waals surface area contributed by atoms with E-state index in [9.17, 15) is 4.79 Å². The molecule has 1 saturated carbocycles. The molecule has 0 aromatic carbocycles. The number of amides is 1. The Morgan fingerprint density at radius 1 is 1.75 bits per heavy atom. The van der Waals surface area contributed by atoms with Gasteiger partial charge in [-0.3, -0.25) is 9.89 Å². The van der Waals surface area contributed by atoms with Gasteiger partial charge in [0.05, 0.1) is 0 Å². The number of hydrogen-bond donors (Lipinski definition) is 3. The molecular formula is C11H18N4O. The van der Waals surface area contributed by atoms with Crippen LogP contribution >= 0.6 is 0 Å². The normalized spacial score (nSPS) is 17.1. The van der Waals surface area contributed by atoms with E-state index in [1.54, 1.807) is 6.07 Å². The highest BCUT2D eigenvalue weighted by Gasteiger charge is 2.25. The predicted molar refractivity (Wildman–Crippen MR) is 61.9 cm³/mol. The molecule has 5 nitrogen and oxygen atoms in total. The molecule has 5 heteroatoms. The molecule has 0 bridgehead atoms. The number of nitrogens with one attached hydrogen (secondary N) is 2. The first-order valence-corrected chi connectivity index (χ1v) is 5.80. The predicted octanol–water partition coefficient (Wildman–Crippen LogP) is 1.30. The van der Waals surface area contributed by atoms with Crippen LogP contribution in [0.1, 0.15) is 43.1 Å². The van der Waals surface area contributed by atoms with E-state index in [4.69, 9.17) is 5.73 Å². The van der Waals surface area contributed by atoms with Gasteiger partial charge in [0.15, 0.2) is 0 Å². The summed E-state index contributed by atoms with van der Waals surface area (Å²) in [6.07, 6.45) is 4.67. The summed E-state index contributed by atoms with van der Waals surface area (Å²) in [4.78, 5) is 11.8. The zero-order valence-electron chi connectivity index (χ0n) is 9.49. The third-order valence-electron chi connectivity index (χ3n) is 2.99. The van der Waals surface area contributed by atoms with Crippen LogP contribution in [0.2, 0.25) is 0 Å². The summed E-state index contributed by atoms with van der Waals surface area (Å²) in [5.41, 5.74) is 5.88. The molecule has 0 aliphatic heterocycles. The lowest BCUT2D eigenvalue weighted by Crippen LogP contribution is -2.34. The molecule has 0 saturated heterocycles. The van der Waals surface area contributed by atoms with Crippen LogP contribution < -0.4 is 11.1 Å². The van der Waals surface area contributed by atoms with Crippen molar-refractivity contribution in [3.8, 4) is 0 Å². The molecule has 2 rings (SSSR count). The van der Waals surface area contributed by atoms with Crippen molar-refractivity contribution in [2.24, 2.45) is 5.92 Å². The number of H-pyrrole nitrogens is 1. The van der Waals surface area contributed by atoms with Gasteiger partial charge in [-0.05, 0) is 18.8 Å². The Morgan fingerprint density at radius 3 is 3.00 bits per heavy atom. The number of carbonyl (C=O) groups excluding carboxylic acids is 1. The summed E-state index contributed by atoms with van der Waals surface area (Å²) in [7, 11) is 0. The number of anilines is 1. The molecule has 1 amide bonds. The number of nitrogen functional groups attached to an aromatic ring is 1. The first-order chi connectivity index (χ1) is 7.69. The third kappa shape index (κ3) is 2.74. The summed E-state index contributed by atoms with van der Waals surface area (Å²) in [6.45, 7) is 2.09. The van der Waals surface area contributed by atoms with Gasteiger partial charge in [0.25, 0.3) is 5.91 Å². The van der Waals surface area contributed by atoms with Crippen LogP contribution in [0, 0.1) is 5.92 Å². The minimum absolute atomic E-state index is 0.114. The van der Waals surface area contributed by atoms with Crippen molar-refractivity contribution >= 4 is 11.7 Å². The van der Waals surface area contributed by atoms with E-state index < -0.39 is 0 Å². The van der Waals surface area contributed by atoms with Gasteiger partial charge in [0.2, 0.25) is 0 Å². The monoisotopic (exact) mass is 222 g/mol. The Hall–Kier alpha value is -1.52. The van der Waals surface area contributed by atoms with Crippen LogP contribution in [-0.4, -0.2) is 22.1 Å². The molecular weight excluding hydrogens is 204 g/mol. The average Bonchev–Trinajstić information content (AvgIpc) is 2.97. The SMILES string of the molecule is CCC(CC1CC1)NC(=O)c1cc(N)n[nH]1. The van der Waals surface area contributed by atoms with Gasteiger partial charge in [-0.1, -0.05) is 19.8 Å². The van der Waals surface area contributed by atoms with E-state index in [0.717, 1.165) is 18.8 Å². The Balaban J connectivity index is 1.89. The number of hydrogen-bond acceptors (Lipinski definition) is 3. The average molecular weight is 222 g/mol. The van der Waals surface area contributed by atoms with E-state index in [0.29, 0.717) is 11.5 Å². The van der Waals surface area contributed by atoms with E-state index in [2.05, 4.69) is 22.4 Å². The highest BCUT2D eigenvalue weighted by molar-refractivity contribution is 5.93. The number of carbonyl (C=O) groups is 1. The third-order valence-corrected chi connectivity index (χ3v) is 2.99. The lowest BCUT2D eigenvalue weighted by Gasteiger charge is -2.15. The lowest BCUT2D eigenvalue weighted by molar-refractivity contribution is 0.0927. The second kappa shape index (κ2) is 4.55. The Bertz CT molecular complexity index is 370. The highest BCUT2D eigenvalue weighted by Crippen LogP contribution is 2.34. The molecule has 1 aliphatic rings. The number of rotatable bonds is 5. The first kappa shape index (κ1) is 11.0. The van der Waals surface area contributed by atoms with Crippen LogP contribution in [0.15, 0.2) is 6.07 Å². The standard InChI is InChI=1S/C11H18N4O/c1-2-8(5-7-3-4-7)13-11(16)9-6-10(12)15-14-9/h6-8H,2-5H2,1H3,(H,13,16)(H3,12,14,15). The van der Waals surface area contributed by atoms with Crippen molar-refractivity contribution in [1.82, 2.24) is 15.5 Å². The van der Waals surface area contributed by atoms with Crippen molar-refractivity contribution in [2.75, 3.05) is 5.73 Å². The zero-order chi connectivity index (χ0) is 11.5. The summed E-state index contributed by atoms with van der Waals surface area (Å²) in [6, 6.07) is 1.82. The maximum absolute atomic E-state index is 11.8. The van der Waals surface area contributed by atoms with Crippen molar-refractivity contribution in [3.05, 3.63) is 11.8 Å². The van der Waals surface area contributed by atoms with Crippen molar-refractivity contribution in [1.29, 1.82) is 0 Å². The molecule has 1 unspecified atom stereocenters. The molecule has 88 valence electrons. The second-order valence-electron chi connectivity index (χ2n) is 4.46. The second-order valence-corrected chi connectivity index (χ2v) is 4.46. The van der Waals surface area contributed by atoms with Gasteiger partial charge in [-0.15, -0.1) is 0 Å². The molecule has 16 heavy (non-hydrogen) atoms. The maximum Gasteiger partial charge on any atom is 0.269 e. The molecule has 4 N–H and O–H groups in total. The Morgan fingerprint density at radius 2 is 2.50 bits per heavy atom. The molecule has 1 heterocycles. The molecule has 1 aromatic heterocycles. The number of aromatic nitrogens is 2. The number of nitrogens with zero attached hydrogens (tertiary/aromatic N) is 1. The van der Waals surface area contributed by atoms with Gasteiger partial charge in [0.1, 0.15) is 11.5 Å². The van der Waals surface area contributed by atoms with Crippen molar-refractivity contribution in [3.63, 3.8) is 0 Å². The Labute approximate surface area is 94.8 Å². The van der Waals surface area contributed by atoms with Crippen LogP contribution in [0.4, 0.5) is 5.82 Å². The van der Waals surface area contributed by atoms with Gasteiger partial charge in [-0.25, -0.2) is 0 Å². The van der Waals surface area contributed by atoms with Gasteiger partial charge < -0.3 is 11.1 Å². The van der Waals surface area contributed by atoms with Crippen LogP contribution in [0.25, 0.3) is 0 Å². The molecule has 1 aromatic rings. The number of nitrogens with two attached hydrogens (primary N) is 1. The topological polar surface area (TPSA) is 83.8 Å². The fourth-order valence-corrected chi connectivity index (χ4v) is 1.80. The fraction of sp³-hybridized carbons (Fsp3) is 0.636. The zero-order valence-corrected chi connectivity index (χ0v) is 9.49. The quantitative estimate of drug-likeness (QED) is 0.702. The molecule has 1 atom stereocenters. The summed E-state index contributed by atoms with van der Waals surface area (Å²) < 4.78 is 0. The minimum Gasteiger partial charge on any atom is -0.382 e. The minimum atomic E-state index is -0.114. The molecule has 1 fully saturated rings.